The van der Waals surface area contributed by atoms with Gasteiger partial charge in [-0.15, -0.1) is 0 Å². The van der Waals surface area contributed by atoms with Crippen molar-refractivity contribution in [2.24, 2.45) is 9.98 Å². The van der Waals surface area contributed by atoms with E-state index in [0.717, 1.165) is 35.7 Å². The molecule has 4 nitrogen and oxygen atoms in total. The summed E-state index contributed by atoms with van der Waals surface area (Å²) in [5, 5.41) is 5.01. The highest BCUT2D eigenvalue weighted by Crippen LogP contribution is 2.42. The molecule has 0 atom stereocenters. The summed E-state index contributed by atoms with van der Waals surface area (Å²) in [6.07, 6.45) is 0. The van der Waals surface area contributed by atoms with Crippen molar-refractivity contribution in [3.63, 3.8) is 0 Å². The highest BCUT2D eigenvalue weighted by atomic mass is 127. The number of hydrogen-bond donors (Lipinski definition) is 0. The van der Waals surface area contributed by atoms with Gasteiger partial charge < -0.3 is 9.13 Å². The topological polar surface area (TPSA) is 34.6 Å². The monoisotopic (exact) mass is 752 g/mol. The van der Waals surface area contributed by atoms with Gasteiger partial charge in [0.2, 0.25) is 0 Å². The van der Waals surface area contributed by atoms with E-state index in [1.807, 2.05) is 18.2 Å². The summed E-state index contributed by atoms with van der Waals surface area (Å²) < 4.78 is 7.11. The Kier molecular flexibility index (Phi) is 6.91. The van der Waals surface area contributed by atoms with Crippen LogP contribution in [0.1, 0.15) is 16.7 Å². The zero-order chi connectivity index (χ0) is 33.0. The Morgan fingerprint density at radius 2 is 0.960 bits per heavy atom. The molecule has 0 N–H and O–H groups in total. The average Bonchev–Trinajstić information content (AvgIpc) is 3.72. The molecule has 5 heteroatoms. The first-order chi connectivity index (χ1) is 24.8. The van der Waals surface area contributed by atoms with Crippen molar-refractivity contribution in [3.8, 4) is 11.4 Å². The summed E-state index contributed by atoms with van der Waals surface area (Å²) in [4.78, 5) is 10.3. The maximum atomic E-state index is 5.18. The minimum absolute atomic E-state index is 0.601. The number of aromatic nitrogens is 2. The fraction of sp³-hybridized carbons (Fsp3) is 0. The molecule has 0 aliphatic carbocycles. The third-order valence-corrected chi connectivity index (χ3v) is 12.2. The molecule has 0 saturated heterocycles. The van der Waals surface area contributed by atoms with Crippen molar-refractivity contribution < 1.29 is 0 Å². The molecule has 3 heterocycles. The van der Waals surface area contributed by atoms with E-state index in [1.165, 1.54) is 49.2 Å². The Morgan fingerprint density at radius 3 is 1.68 bits per heavy atom. The Morgan fingerprint density at radius 1 is 0.380 bits per heavy atom. The molecule has 0 spiro atoms. The van der Waals surface area contributed by atoms with Crippen LogP contribution in [-0.4, -0.2) is 22.3 Å². The predicted molar refractivity (Wildman–Crippen MR) is 219 cm³/mol. The number of fused-ring (bicyclic) bond motifs is 7. The van der Waals surface area contributed by atoms with Crippen LogP contribution in [0.3, 0.4) is 0 Å². The Hall–Kier alpha value is -5.92. The van der Waals surface area contributed by atoms with E-state index in [4.69, 9.17) is 9.98 Å². The van der Waals surface area contributed by atoms with Crippen molar-refractivity contribution in [3.05, 3.63) is 193 Å². The lowest BCUT2D eigenvalue weighted by Gasteiger charge is -2.14. The first-order valence-electron chi connectivity index (χ1n) is 16.7. The van der Waals surface area contributed by atoms with Gasteiger partial charge in [-0.1, -0.05) is 133 Å². The molecule has 0 unspecified atom stereocenters. The third kappa shape index (κ3) is 4.69. The maximum Gasteiger partial charge on any atom is 0.161 e. The van der Waals surface area contributed by atoms with Gasteiger partial charge in [0.15, 0.2) is 5.84 Å². The number of amidine groups is 1. The molecule has 0 bridgehead atoms. The quantitative estimate of drug-likeness (QED) is 0.157. The summed E-state index contributed by atoms with van der Waals surface area (Å²) in [5.41, 5.74) is 10.4. The number of aliphatic imine (C=N–C) groups is 2. The molecule has 236 valence electrons. The number of para-hydroxylation sites is 3. The van der Waals surface area contributed by atoms with Crippen LogP contribution in [0.15, 0.2) is 186 Å². The lowest BCUT2D eigenvalue weighted by atomic mass is 10.1. The van der Waals surface area contributed by atoms with Crippen LogP contribution >= 0.6 is 20.7 Å². The third-order valence-electron chi connectivity index (χ3n) is 9.48. The van der Waals surface area contributed by atoms with E-state index in [9.17, 15) is 0 Å². The molecule has 7 aromatic carbocycles. The van der Waals surface area contributed by atoms with Crippen molar-refractivity contribution in [2.45, 2.75) is 0 Å². The van der Waals surface area contributed by atoms with Crippen molar-refractivity contribution >= 4 is 77.5 Å². The average molecular weight is 753 g/mol. The molecule has 0 saturated carbocycles. The normalized spacial score (nSPS) is 13.3. The molecule has 50 heavy (non-hydrogen) atoms. The number of hydrogen-bond acceptors (Lipinski definition) is 2. The van der Waals surface area contributed by atoms with Gasteiger partial charge in [-0.05, 0) is 63.2 Å². The van der Waals surface area contributed by atoms with Crippen LogP contribution in [-0.2, 0) is 0 Å². The van der Waals surface area contributed by atoms with Gasteiger partial charge in [0, 0.05) is 49.6 Å². The van der Waals surface area contributed by atoms with Crippen LogP contribution in [0.2, 0.25) is 0 Å². The maximum absolute atomic E-state index is 5.18. The van der Waals surface area contributed by atoms with Crippen LogP contribution in [0.25, 0.3) is 55.0 Å². The van der Waals surface area contributed by atoms with Crippen LogP contribution < -0.4 is 0 Å². The fourth-order valence-electron chi connectivity index (χ4n) is 7.25. The fourth-order valence-corrected chi connectivity index (χ4v) is 9.77. The van der Waals surface area contributed by atoms with Gasteiger partial charge in [-0.25, -0.2) is 9.98 Å². The minimum Gasteiger partial charge on any atom is -0.309 e. The number of rotatable bonds is 5. The summed E-state index contributed by atoms with van der Waals surface area (Å²) in [5.74, 6) is 0.772. The van der Waals surface area contributed by atoms with Gasteiger partial charge in [-0.3, -0.25) is 0 Å². The van der Waals surface area contributed by atoms with Gasteiger partial charge in [0.1, 0.15) is 7.35 Å². The molecule has 1 aliphatic heterocycles. The second kappa shape index (κ2) is 11.9. The Labute approximate surface area is 299 Å². The Balaban J connectivity index is 1.18. The summed E-state index contributed by atoms with van der Waals surface area (Å²) in [6.45, 7) is 0. The van der Waals surface area contributed by atoms with Gasteiger partial charge in [0.05, 0.1) is 22.1 Å². The Bertz CT molecular complexity index is 2790. The van der Waals surface area contributed by atoms with Crippen molar-refractivity contribution in [2.75, 3.05) is 0 Å². The van der Waals surface area contributed by atoms with Crippen molar-refractivity contribution in [1.82, 2.24) is 9.13 Å². The smallest absolute Gasteiger partial charge is 0.161 e. The van der Waals surface area contributed by atoms with E-state index in [2.05, 4.69) is 167 Å². The van der Waals surface area contributed by atoms with Crippen molar-refractivity contribution in [1.29, 1.82) is 0 Å². The lowest BCUT2D eigenvalue weighted by molar-refractivity contribution is 1.17. The molecule has 0 radical (unpaired) electrons. The predicted octanol–water partition coefficient (Wildman–Crippen LogP) is 11.2. The van der Waals surface area contributed by atoms with E-state index >= 15 is 0 Å². The molecule has 9 aromatic rings. The summed E-state index contributed by atoms with van der Waals surface area (Å²) >= 11 is -0.601. The lowest BCUT2D eigenvalue weighted by Crippen LogP contribution is -2.11. The summed E-state index contributed by atoms with van der Waals surface area (Å²) in [7, 11) is 0. The second-order valence-corrected chi connectivity index (χ2v) is 15.0. The van der Waals surface area contributed by atoms with Gasteiger partial charge >= 0.3 is 0 Å². The van der Waals surface area contributed by atoms with Crippen LogP contribution in [0, 0.1) is 0 Å². The van der Waals surface area contributed by atoms with Gasteiger partial charge in [-0.2, -0.15) is 0 Å². The first-order valence-corrected chi connectivity index (χ1v) is 18.9. The minimum atomic E-state index is -0.601. The highest BCUT2D eigenvalue weighted by Gasteiger charge is 2.21. The summed E-state index contributed by atoms with van der Waals surface area (Å²) in [6, 6.07) is 62.7. The number of halogens is 1. The molecule has 1 aliphatic rings. The second-order valence-electron chi connectivity index (χ2n) is 12.4. The molecule has 0 fully saturated rings. The van der Waals surface area contributed by atoms with Crippen LogP contribution in [0.4, 0.5) is 0 Å². The number of benzene rings is 7. The zero-order valence-corrected chi connectivity index (χ0v) is 29.1. The molecular weight excluding hydrogens is 723 g/mol. The van der Waals surface area contributed by atoms with E-state index in [-0.39, 0.29) is 0 Å². The zero-order valence-electron chi connectivity index (χ0n) is 26.9. The standard InChI is InChI=1S/C45H29IN4/c1-4-14-30(15-5-1)43-46-44(48-45(47-43)32-16-6-2-7-17-32)31-24-26-34(27-25-31)50-38-22-12-10-20-35(38)36-28-29-40-41(42(36)50)37-21-11-13-23-39(37)49(40)33-18-8-3-9-19-33/h1-29H. The van der Waals surface area contributed by atoms with E-state index < -0.39 is 20.7 Å². The molecule has 10 rings (SSSR count). The first kappa shape index (κ1) is 29.0. The van der Waals surface area contributed by atoms with E-state index in [1.54, 1.807) is 0 Å². The van der Waals surface area contributed by atoms with Crippen LogP contribution in [0.5, 0.6) is 0 Å². The molecule has 0 amide bonds. The molecular formula is C45H29IN4. The number of nitrogens with zero attached hydrogens (tertiary/aromatic N) is 4. The van der Waals surface area contributed by atoms with Gasteiger partial charge in [0.25, 0.3) is 0 Å². The SMILES string of the molecule is c1ccc(C2=NC(c3ccccc3)=IC(c3ccc(-n4c5ccccc5c5ccc6c(c7ccccc7n6-c6ccccc6)c54)cc3)=N2)cc1. The largest absolute Gasteiger partial charge is 0.309 e. The van der Waals surface area contributed by atoms with E-state index in [0.29, 0.717) is 0 Å². The molecule has 2 aromatic heterocycles. The highest BCUT2D eigenvalue weighted by molar-refractivity contribution is 14.2.